The summed E-state index contributed by atoms with van der Waals surface area (Å²) in [5.41, 5.74) is 3.22. The first-order chi connectivity index (χ1) is 22.8. The number of amides is 1. The van der Waals surface area contributed by atoms with Gasteiger partial charge in [-0.15, -0.1) is 0 Å². The SMILES string of the molecule is CC.CC1CN(C(=O)[C@H](C)COCCCc2nc(N3CCCC3)c3oc4ccccc4c3n2)CCC1c1cc(Br)c[nH]c1=O.O=CO. The molecule has 6 rings (SSSR count). The molecule has 1 aromatic carbocycles. The van der Waals surface area contributed by atoms with Crippen molar-refractivity contribution in [3.63, 3.8) is 0 Å². The number of likely N-dealkylation sites (tertiary alicyclic amines) is 1. The molecule has 1 amide bonds. The number of ether oxygens (including phenoxy) is 1. The molecule has 12 heteroatoms. The van der Waals surface area contributed by atoms with E-state index in [1.165, 1.54) is 0 Å². The van der Waals surface area contributed by atoms with Crippen LogP contribution in [0.3, 0.4) is 0 Å². The van der Waals surface area contributed by atoms with Crippen molar-refractivity contribution >= 4 is 56.2 Å². The summed E-state index contributed by atoms with van der Waals surface area (Å²) in [5.74, 6) is 1.90. The summed E-state index contributed by atoms with van der Waals surface area (Å²) in [6.45, 7) is 12.0. The molecule has 2 N–H and O–H groups in total. The molecule has 47 heavy (non-hydrogen) atoms. The predicted octanol–water partition coefficient (Wildman–Crippen LogP) is 6.39. The number of furan rings is 1. The van der Waals surface area contributed by atoms with E-state index in [1.807, 2.05) is 49.9 Å². The van der Waals surface area contributed by atoms with Gasteiger partial charge in [-0.2, -0.15) is 0 Å². The Balaban J connectivity index is 0.000000947. The fourth-order valence-corrected chi connectivity index (χ4v) is 6.77. The predicted molar refractivity (Wildman–Crippen MR) is 187 cm³/mol. The minimum Gasteiger partial charge on any atom is -0.483 e. The third-order valence-electron chi connectivity index (χ3n) is 8.65. The zero-order valence-corrected chi connectivity index (χ0v) is 29.3. The summed E-state index contributed by atoms with van der Waals surface area (Å²) in [4.78, 5) is 50.8. The number of hydrogen-bond acceptors (Lipinski definition) is 8. The highest BCUT2D eigenvalue weighted by atomic mass is 79.9. The van der Waals surface area contributed by atoms with Gasteiger partial charge in [0, 0.05) is 60.8 Å². The number of para-hydroxylation sites is 1. The molecule has 254 valence electrons. The molecule has 0 bridgehead atoms. The number of carboxylic acid groups (broad SMARTS) is 1. The Hall–Kier alpha value is -3.77. The molecule has 2 unspecified atom stereocenters. The van der Waals surface area contributed by atoms with E-state index in [0.717, 1.165) is 82.5 Å². The highest BCUT2D eigenvalue weighted by Gasteiger charge is 2.33. The van der Waals surface area contributed by atoms with Crippen molar-refractivity contribution in [3.05, 3.63) is 62.7 Å². The van der Waals surface area contributed by atoms with Crippen molar-refractivity contribution < 1.29 is 23.8 Å². The van der Waals surface area contributed by atoms with E-state index in [4.69, 9.17) is 29.0 Å². The largest absolute Gasteiger partial charge is 0.483 e. The number of piperidine rings is 1. The number of hydrogen-bond donors (Lipinski definition) is 2. The summed E-state index contributed by atoms with van der Waals surface area (Å²) in [6.07, 6.45) is 6.22. The van der Waals surface area contributed by atoms with E-state index in [-0.39, 0.29) is 35.7 Å². The quantitative estimate of drug-likeness (QED) is 0.149. The lowest BCUT2D eigenvalue weighted by atomic mass is 9.82. The molecule has 0 spiro atoms. The Morgan fingerprint density at radius 3 is 2.66 bits per heavy atom. The third-order valence-corrected chi connectivity index (χ3v) is 9.10. The number of H-pyrrole nitrogens is 1. The molecule has 0 aliphatic carbocycles. The fourth-order valence-electron chi connectivity index (χ4n) is 6.41. The molecule has 5 heterocycles. The molecule has 2 fully saturated rings. The Kier molecular flexibility index (Phi) is 13.4. The topological polar surface area (TPSA) is 142 Å². The molecular formula is C35H46BrN5O6. The Morgan fingerprint density at radius 2 is 1.94 bits per heavy atom. The standard InChI is InChI=1S/C32H38BrN5O4.C2H6.CH2O2/c1-20-18-38(14-11-23(20)25-16-22(33)17-34-31(25)39)32(40)21(2)19-41-15-7-10-27-35-28-24-8-3-4-9-26(24)42-29(28)30(36-27)37-12-5-6-13-37;1-2;2-1-3/h3-4,8-9,16-17,20-21,23H,5-7,10-15,18-19H2,1-2H3,(H,34,39);1-2H3;1H,(H,2,3)/t20?,21-,23?;;/m1../s1. The van der Waals surface area contributed by atoms with Gasteiger partial charge in [0.15, 0.2) is 11.4 Å². The lowest BCUT2D eigenvalue weighted by Gasteiger charge is -2.38. The van der Waals surface area contributed by atoms with Gasteiger partial charge in [0.1, 0.15) is 16.9 Å². The maximum atomic E-state index is 13.2. The number of aryl methyl sites for hydroxylation is 1. The van der Waals surface area contributed by atoms with Gasteiger partial charge in [-0.3, -0.25) is 14.4 Å². The maximum Gasteiger partial charge on any atom is 0.290 e. The van der Waals surface area contributed by atoms with Gasteiger partial charge in [0.2, 0.25) is 5.91 Å². The van der Waals surface area contributed by atoms with Crippen molar-refractivity contribution in [1.82, 2.24) is 19.9 Å². The monoisotopic (exact) mass is 711 g/mol. The van der Waals surface area contributed by atoms with Crippen LogP contribution in [0.2, 0.25) is 0 Å². The molecular weight excluding hydrogens is 666 g/mol. The van der Waals surface area contributed by atoms with Gasteiger partial charge >= 0.3 is 0 Å². The molecule has 3 atom stereocenters. The van der Waals surface area contributed by atoms with Crippen LogP contribution in [0, 0.1) is 11.8 Å². The first kappa shape index (κ1) is 36.1. The molecule has 4 aromatic rings. The first-order valence-electron chi connectivity index (χ1n) is 16.6. The lowest BCUT2D eigenvalue weighted by molar-refractivity contribution is -0.139. The second-order valence-corrected chi connectivity index (χ2v) is 12.8. The highest BCUT2D eigenvalue weighted by molar-refractivity contribution is 9.10. The summed E-state index contributed by atoms with van der Waals surface area (Å²) in [5, 5.41) is 7.90. The maximum absolute atomic E-state index is 13.2. The summed E-state index contributed by atoms with van der Waals surface area (Å²) in [7, 11) is 0. The van der Waals surface area contributed by atoms with Crippen molar-refractivity contribution in [2.45, 2.75) is 65.7 Å². The van der Waals surface area contributed by atoms with Crippen LogP contribution in [0.4, 0.5) is 5.82 Å². The van der Waals surface area contributed by atoms with E-state index in [1.54, 1.807) is 6.20 Å². The summed E-state index contributed by atoms with van der Waals surface area (Å²) >= 11 is 3.46. The van der Waals surface area contributed by atoms with Crippen molar-refractivity contribution in [1.29, 1.82) is 0 Å². The van der Waals surface area contributed by atoms with Crippen molar-refractivity contribution in [3.8, 4) is 0 Å². The van der Waals surface area contributed by atoms with Crippen LogP contribution in [-0.4, -0.2) is 76.7 Å². The fraction of sp³-hybridized carbons (Fsp3) is 0.514. The van der Waals surface area contributed by atoms with Crippen molar-refractivity contribution in [2.75, 3.05) is 44.3 Å². The highest BCUT2D eigenvalue weighted by Crippen LogP contribution is 2.35. The Bertz CT molecular complexity index is 1680. The second-order valence-electron chi connectivity index (χ2n) is 11.9. The Labute approximate surface area is 283 Å². The van der Waals surface area contributed by atoms with Crippen LogP contribution < -0.4 is 10.5 Å². The molecule has 11 nitrogen and oxygen atoms in total. The van der Waals surface area contributed by atoms with E-state index in [2.05, 4.69) is 38.8 Å². The number of aromatic nitrogens is 3. The zero-order valence-electron chi connectivity index (χ0n) is 27.7. The number of nitrogens with one attached hydrogen (secondary N) is 1. The number of fused-ring (bicyclic) bond motifs is 3. The van der Waals surface area contributed by atoms with Crippen LogP contribution in [-0.2, 0) is 20.7 Å². The average Bonchev–Trinajstić information content (AvgIpc) is 3.75. The number of halogens is 1. The van der Waals surface area contributed by atoms with Gasteiger partial charge in [-0.25, -0.2) is 9.97 Å². The molecule has 2 aliphatic rings. The number of benzene rings is 1. The first-order valence-corrected chi connectivity index (χ1v) is 17.4. The van der Waals surface area contributed by atoms with Crippen LogP contribution >= 0.6 is 15.9 Å². The van der Waals surface area contributed by atoms with Crippen molar-refractivity contribution in [2.24, 2.45) is 11.8 Å². The number of pyridine rings is 1. The zero-order chi connectivity index (χ0) is 33.9. The van der Waals surface area contributed by atoms with Gasteiger partial charge in [-0.05, 0) is 71.6 Å². The Morgan fingerprint density at radius 1 is 1.21 bits per heavy atom. The molecule has 0 saturated carbocycles. The number of rotatable bonds is 9. The van der Waals surface area contributed by atoms with Gasteiger partial charge in [0.05, 0.1) is 12.5 Å². The molecule has 0 radical (unpaired) electrons. The number of aromatic amines is 1. The lowest BCUT2D eigenvalue weighted by Crippen LogP contribution is -2.45. The number of carbonyl (C=O) groups excluding carboxylic acids is 1. The minimum atomic E-state index is -0.250. The summed E-state index contributed by atoms with van der Waals surface area (Å²) < 4.78 is 13.0. The van der Waals surface area contributed by atoms with Crippen LogP contribution in [0.25, 0.3) is 22.1 Å². The van der Waals surface area contributed by atoms with Gasteiger partial charge < -0.3 is 29.0 Å². The third kappa shape index (κ3) is 8.78. The van der Waals surface area contributed by atoms with E-state index in [9.17, 15) is 9.59 Å². The second kappa shape index (κ2) is 17.4. The molecule has 3 aromatic heterocycles. The van der Waals surface area contributed by atoms with Gasteiger partial charge in [-0.1, -0.05) is 39.8 Å². The smallest absolute Gasteiger partial charge is 0.290 e. The van der Waals surface area contributed by atoms with Crippen LogP contribution in [0.15, 0.2) is 50.2 Å². The van der Waals surface area contributed by atoms with E-state index in [0.29, 0.717) is 32.7 Å². The molecule has 2 saturated heterocycles. The number of carbonyl (C=O) groups is 2. The number of nitrogens with zero attached hydrogens (tertiary/aromatic N) is 4. The van der Waals surface area contributed by atoms with Crippen LogP contribution in [0.5, 0.6) is 0 Å². The average molecular weight is 713 g/mol. The summed E-state index contributed by atoms with van der Waals surface area (Å²) in [6, 6.07) is 9.93. The number of anilines is 1. The van der Waals surface area contributed by atoms with E-state index < -0.39 is 0 Å². The van der Waals surface area contributed by atoms with Crippen LogP contribution in [0.1, 0.15) is 70.7 Å². The minimum absolute atomic E-state index is 0.0488. The van der Waals surface area contributed by atoms with E-state index >= 15 is 0 Å². The van der Waals surface area contributed by atoms with Gasteiger partial charge in [0.25, 0.3) is 12.0 Å². The normalized spacial score (nSPS) is 18.3. The molecule has 2 aliphatic heterocycles.